The minimum absolute atomic E-state index is 0.117. The predicted octanol–water partition coefficient (Wildman–Crippen LogP) is 1.24. The lowest BCUT2D eigenvalue weighted by molar-refractivity contribution is -0.139. The fourth-order valence-corrected chi connectivity index (χ4v) is 2.38. The van der Waals surface area contributed by atoms with Crippen molar-refractivity contribution in [3.63, 3.8) is 0 Å². The number of thiophene rings is 1. The maximum atomic E-state index is 11.7. The van der Waals surface area contributed by atoms with Crippen LogP contribution >= 0.6 is 11.3 Å². The summed E-state index contributed by atoms with van der Waals surface area (Å²) in [6, 6.07) is 1.26. The van der Waals surface area contributed by atoms with Crippen LogP contribution in [0.2, 0.25) is 0 Å². The van der Waals surface area contributed by atoms with Crippen LogP contribution < -0.4 is 10.6 Å². The van der Waals surface area contributed by atoms with Gasteiger partial charge < -0.3 is 10.4 Å². The standard InChI is InChI=1S/C12H15N3O3S/c1-6-8(3)19-11(9(6)4-13)15-10(16)5-14-7(2)12(17)18/h7,14H,5H2,1-3H3,(H,15,16)(H,17,18)/t7-/m1/s1. The third-order valence-corrected chi connectivity index (χ3v) is 3.81. The van der Waals surface area contributed by atoms with Crippen molar-refractivity contribution in [3.05, 3.63) is 16.0 Å². The molecule has 0 unspecified atom stereocenters. The number of amides is 1. The zero-order chi connectivity index (χ0) is 14.6. The highest BCUT2D eigenvalue weighted by Crippen LogP contribution is 2.31. The van der Waals surface area contributed by atoms with E-state index in [4.69, 9.17) is 10.4 Å². The minimum atomic E-state index is -1.02. The molecular weight excluding hydrogens is 266 g/mol. The topological polar surface area (TPSA) is 102 Å². The van der Waals surface area contributed by atoms with Gasteiger partial charge in [-0.25, -0.2) is 0 Å². The zero-order valence-corrected chi connectivity index (χ0v) is 11.7. The van der Waals surface area contributed by atoms with E-state index in [0.717, 1.165) is 10.4 Å². The molecule has 0 aliphatic carbocycles. The fourth-order valence-electron chi connectivity index (χ4n) is 1.35. The molecule has 1 heterocycles. The van der Waals surface area contributed by atoms with Gasteiger partial charge in [0.2, 0.25) is 5.91 Å². The molecule has 0 aliphatic heterocycles. The van der Waals surface area contributed by atoms with Crippen LogP contribution in [0.3, 0.4) is 0 Å². The Morgan fingerprint density at radius 2 is 2.11 bits per heavy atom. The molecule has 3 N–H and O–H groups in total. The van der Waals surface area contributed by atoms with Gasteiger partial charge in [-0.2, -0.15) is 5.26 Å². The Morgan fingerprint density at radius 3 is 2.63 bits per heavy atom. The lowest BCUT2D eigenvalue weighted by Crippen LogP contribution is -2.39. The Labute approximate surface area is 115 Å². The molecule has 0 saturated carbocycles. The van der Waals surface area contributed by atoms with Gasteiger partial charge in [-0.05, 0) is 26.3 Å². The molecule has 7 heteroatoms. The second kappa shape index (κ2) is 6.31. The number of carboxylic acid groups (broad SMARTS) is 1. The van der Waals surface area contributed by atoms with Crippen LogP contribution in [0.1, 0.15) is 22.9 Å². The summed E-state index contributed by atoms with van der Waals surface area (Å²) in [4.78, 5) is 23.2. The maximum Gasteiger partial charge on any atom is 0.320 e. The van der Waals surface area contributed by atoms with Crippen LogP contribution in [-0.4, -0.2) is 29.6 Å². The number of rotatable bonds is 5. The Kier molecular flexibility index (Phi) is 5.03. The molecule has 102 valence electrons. The number of hydrogen-bond donors (Lipinski definition) is 3. The van der Waals surface area contributed by atoms with Crippen molar-refractivity contribution in [3.8, 4) is 6.07 Å². The number of nitriles is 1. The van der Waals surface area contributed by atoms with Crippen LogP contribution in [0.15, 0.2) is 0 Å². The first-order valence-corrected chi connectivity index (χ1v) is 6.44. The number of aliphatic carboxylic acids is 1. The van der Waals surface area contributed by atoms with E-state index in [1.165, 1.54) is 18.3 Å². The highest BCUT2D eigenvalue weighted by atomic mass is 32.1. The van der Waals surface area contributed by atoms with Gasteiger partial charge in [0.25, 0.3) is 0 Å². The third-order valence-electron chi connectivity index (χ3n) is 2.69. The Hall–Kier alpha value is -1.91. The molecule has 19 heavy (non-hydrogen) atoms. The van der Waals surface area contributed by atoms with Crippen LogP contribution in [0.5, 0.6) is 0 Å². The highest BCUT2D eigenvalue weighted by molar-refractivity contribution is 7.16. The van der Waals surface area contributed by atoms with E-state index in [-0.39, 0.29) is 12.5 Å². The monoisotopic (exact) mass is 281 g/mol. The van der Waals surface area contributed by atoms with Gasteiger partial charge in [-0.15, -0.1) is 11.3 Å². The van der Waals surface area contributed by atoms with E-state index in [2.05, 4.69) is 16.7 Å². The number of nitrogens with zero attached hydrogens (tertiary/aromatic N) is 1. The van der Waals surface area contributed by atoms with Gasteiger partial charge in [-0.3, -0.25) is 14.9 Å². The number of aryl methyl sites for hydroxylation is 1. The van der Waals surface area contributed by atoms with Gasteiger partial charge in [0.1, 0.15) is 17.1 Å². The first-order valence-electron chi connectivity index (χ1n) is 5.63. The van der Waals surface area contributed by atoms with Crippen molar-refractivity contribution in [2.24, 2.45) is 0 Å². The minimum Gasteiger partial charge on any atom is -0.480 e. The number of nitrogens with one attached hydrogen (secondary N) is 2. The van der Waals surface area contributed by atoms with Crippen LogP contribution in [0.4, 0.5) is 5.00 Å². The van der Waals surface area contributed by atoms with E-state index in [1.807, 2.05) is 13.8 Å². The number of carbonyl (C=O) groups excluding carboxylic acids is 1. The second-order valence-corrected chi connectivity index (χ2v) is 5.31. The lowest BCUT2D eigenvalue weighted by atomic mass is 10.2. The molecule has 1 amide bonds. The highest BCUT2D eigenvalue weighted by Gasteiger charge is 2.16. The normalized spacial score (nSPS) is 11.7. The van der Waals surface area contributed by atoms with Crippen molar-refractivity contribution in [2.75, 3.05) is 11.9 Å². The SMILES string of the molecule is Cc1sc(NC(=O)CN[C@H](C)C(=O)O)c(C#N)c1C. The largest absolute Gasteiger partial charge is 0.480 e. The van der Waals surface area contributed by atoms with E-state index < -0.39 is 12.0 Å². The Bertz CT molecular complexity index is 545. The van der Waals surface area contributed by atoms with Crippen LogP contribution in [0.25, 0.3) is 0 Å². The summed E-state index contributed by atoms with van der Waals surface area (Å²) in [5.41, 5.74) is 1.32. The molecule has 0 spiro atoms. The first-order chi connectivity index (χ1) is 8.86. The number of anilines is 1. The van der Waals surface area contributed by atoms with Crippen LogP contribution in [-0.2, 0) is 9.59 Å². The van der Waals surface area contributed by atoms with Gasteiger partial charge in [0.05, 0.1) is 12.1 Å². The number of carbonyl (C=O) groups is 2. The Balaban J connectivity index is 2.66. The van der Waals surface area contributed by atoms with Crippen molar-refractivity contribution < 1.29 is 14.7 Å². The summed E-state index contributed by atoms with van der Waals surface area (Å²) in [5, 5.41) is 23.4. The van der Waals surface area contributed by atoms with E-state index in [9.17, 15) is 9.59 Å². The summed E-state index contributed by atoms with van der Waals surface area (Å²) < 4.78 is 0. The molecular formula is C12H15N3O3S. The Morgan fingerprint density at radius 1 is 1.47 bits per heavy atom. The quantitative estimate of drug-likeness (QED) is 0.753. The molecule has 1 atom stereocenters. The average Bonchev–Trinajstić information content (AvgIpc) is 2.61. The van der Waals surface area contributed by atoms with Crippen molar-refractivity contribution in [1.29, 1.82) is 5.26 Å². The molecule has 0 aromatic carbocycles. The van der Waals surface area contributed by atoms with Crippen molar-refractivity contribution in [2.45, 2.75) is 26.8 Å². The summed E-state index contributed by atoms with van der Waals surface area (Å²) in [7, 11) is 0. The number of carboxylic acids is 1. The van der Waals surface area contributed by atoms with Crippen molar-refractivity contribution in [1.82, 2.24) is 5.32 Å². The first kappa shape index (κ1) is 15.1. The fraction of sp³-hybridized carbons (Fsp3) is 0.417. The molecule has 0 fully saturated rings. The summed E-state index contributed by atoms with van der Waals surface area (Å²) in [6.45, 7) is 5.04. The molecule has 6 nitrogen and oxygen atoms in total. The number of hydrogen-bond acceptors (Lipinski definition) is 5. The van der Waals surface area contributed by atoms with E-state index in [1.54, 1.807) is 0 Å². The van der Waals surface area contributed by atoms with Crippen molar-refractivity contribution >= 4 is 28.2 Å². The molecule has 0 bridgehead atoms. The molecule has 1 aromatic rings. The average molecular weight is 281 g/mol. The van der Waals surface area contributed by atoms with Gasteiger partial charge in [0.15, 0.2) is 0 Å². The van der Waals surface area contributed by atoms with Gasteiger partial charge in [-0.1, -0.05) is 0 Å². The second-order valence-electron chi connectivity index (χ2n) is 4.09. The predicted molar refractivity (Wildman–Crippen MR) is 72.2 cm³/mol. The van der Waals surface area contributed by atoms with E-state index >= 15 is 0 Å². The van der Waals surface area contributed by atoms with E-state index in [0.29, 0.717) is 10.6 Å². The molecule has 1 aromatic heterocycles. The van der Waals surface area contributed by atoms with Crippen LogP contribution in [0, 0.1) is 25.2 Å². The molecule has 0 radical (unpaired) electrons. The summed E-state index contributed by atoms with van der Waals surface area (Å²) >= 11 is 1.34. The zero-order valence-electron chi connectivity index (χ0n) is 10.9. The third kappa shape index (κ3) is 3.77. The van der Waals surface area contributed by atoms with Gasteiger partial charge >= 0.3 is 5.97 Å². The van der Waals surface area contributed by atoms with Gasteiger partial charge in [0, 0.05) is 4.88 Å². The smallest absolute Gasteiger partial charge is 0.320 e. The molecule has 1 rings (SSSR count). The lowest BCUT2D eigenvalue weighted by Gasteiger charge is -2.08. The summed E-state index contributed by atoms with van der Waals surface area (Å²) in [6.07, 6.45) is 0. The maximum absolute atomic E-state index is 11.7. The molecule has 0 aliphatic rings. The summed E-state index contributed by atoms with van der Waals surface area (Å²) in [5.74, 6) is -1.39. The molecule has 0 saturated heterocycles.